The van der Waals surface area contributed by atoms with Crippen LogP contribution in [-0.2, 0) is 11.4 Å². The molecule has 2 fully saturated rings. The summed E-state index contributed by atoms with van der Waals surface area (Å²) in [5.41, 5.74) is -1.70. The summed E-state index contributed by atoms with van der Waals surface area (Å²) in [6.45, 7) is 3.84. The van der Waals surface area contributed by atoms with Crippen LogP contribution in [0.5, 0.6) is 0 Å². The van der Waals surface area contributed by atoms with Gasteiger partial charge in [-0.05, 0) is 19.3 Å². The van der Waals surface area contributed by atoms with Gasteiger partial charge in [-0.25, -0.2) is 22.0 Å². The molecule has 1 atom stereocenters. The van der Waals surface area contributed by atoms with E-state index in [1.165, 1.54) is 0 Å². The Hall–Kier alpha value is -1.43. The Morgan fingerprint density at radius 1 is 1.06 bits per heavy atom. The second-order valence-corrected chi connectivity index (χ2v) is 10.0. The molecular formula is C21H28F5N3O2S. The number of amides is 1. The van der Waals surface area contributed by atoms with Crippen LogP contribution in [-0.4, -0.2) is 69.6 Å². The average molecular weight is 482 g/mol. The van der Waals surface area contributed by atoms with E-state index in [9.17, 15) is 31.3 Å². The van der Waals surface area contributed by atoms with Crippen LogP contribution in [0.15, 0.2) is 12.1 Å². The molecule has 0 radical (unpaired) electrons. The highest BCUT2D eigenvalue weighted by Gasteiger charge is 2.47. The molecule has 1 aromatic carbocycles. The number of rotatable bonds is 7. The molecule has 0 spiro atoms. The van der Waals surface area contributed by atoms with Gasteiger partial charge in [0.1, 0.15) is 28.8 Å². The van der Waals surface area contributed by atoms with Crippen molar-refractivity contribution < 1.29 is 31.3 Å². The third-order valence-electron chi connectivity index (χ3n) is 6.30. The first-order valence-electron chi connectivity index (χ1n) is 10.8. The standard InChI is InChI=1S/C21H28F5N3O2S/c1-2-11-32(31)29-9-7-28(8-10-29)20(3-5-21(25,26)6-4-20)14-27-19(30)18-16(23)12-15(22)13-17(18)24/h12-13H,2-11,14H2,1H3,(H,27,30). The van der Waals surface area contributed by atoms with Gasteiger partial charge in [0.15, 0.2) is 0 Å². The van der Waals surface area contributed by atoms with Crippen LogP contribution in [0.25, 0.3) is 0 Å². The number of carbonyl (C=O) groups excluding carboxylic acids is 1. The van der Waals surface area contributed by atoms with Gasteiger partial charge in [0.2, 0.25) is 5.92 Å². The van der Waals surface area contributed by atoms with Crippen molar-refractivity contribution in [1.82, 2.24) is 14.5 Å². The summed E-state index contributed by atoms with van der Waals surface area (Å²) in [6, 6.07) is 0.842. The van der Waals surface area contributed by atoms with Crippen molar-refractivity contribution in [3.8, 4) is 0 Å². The highest BCUT2D eigenvalue weighted by Crippen LogP contribution is 2.42. The fourth-order valence-corrected chi connectivity index (χ4v) is 5.63. The highest BCUT2D eigenvalue weighted by molar-refractivity contribution is 7.89. The third kappa shape index (κ3) is 5.73. The van der Waals surface area contributed by atoms with Crippen LogP contribution in [0.3, 0.4) is 0 Å². The lowest BCUT2D eigenvalue weighted by atomic mass is 9.78. The molecule has 32 heavy (non-hydrogen) atoms. The topological polar surface area (TPSA) is 58.6 Å². The van der Waals surface area contributed by atoms with Crippen LogP contribution in [0.1, 0.15) is 49.4 Å². The van der Waals surface area contributed by atoms with Crippen LogP contribution in [0, 0.1) is 17.5 Å². The van der Waals surface area contributed by atoms with E-state index in [-0.39, 0.29) is 32.2 Å². The zero-order valence-electron chi connectivity index (χ0n) is 17.9. The predicted octanol–water partition coefficient (Wildman–Crippen LogP) is 3.47. The van der Waals surface area contributed by atoms with Gasteiger partial charge in [0, 0.05) is 61.5 Å². The summed E-state index contributed by atoms with van der Waals surface area (Å²) in [6.07, 6.45) is 0.280. The normalized spacial score (nSPS) is 22.5. The van der Waals surface area contributed by atoms with Gasteiger partial charge in [0.05, 0.1) is 13.1 Å². The van der Waals surface area contributed by atoms with Crippen molar-refractivity contribution in [2.75, 3.05) is 38.5 Å². The molecule has 1 unspecified atom stereocenters. The fourth-order valence-electron chi connectivity index (χ4n) is 4.45. The van der Waals surface area contributed by atoms with E-state index in [4.69, 9.17) is 0 Å². The number of carbonyl (C=O) groups is 1. The van der Waals surface area contributed by atoms with Gasteiger partial charge in [0.25, 0.3) is 5.91 Å². The molecule has 11 heteroatoms. The maximum atomic E-state index is 14.0. The van der Waals surface area contributed by atoms with Crippen LogP contribution in [0.2, 0.25) is 0 Å². The van der Waals surface area contributed by atoms with E-state index in [2.05, 4.69) is 5.32 Å². The quantitative estimate of drug-likeness (QED) is 0.479. The molecule has 2 aliphatic rings. The van der Waals surface area contributed by atoms with E-state index < -0.39 is 51.7 Å². The lowest BCUT2D eigenvalue weighted by molar-refractivity contribution is -0.0856. The van der Waals surface area contributed by atoms with E-state index in [0.717, 1.165) is 6.42 Å². The van der Waals surface area contributed by atoms with Crippen LogP contribution in [0.4, 0.5) is 22.0 Å². The van der Waals surface area contributed by atoms with E-state index in [1.807, 2.05) is 16.1 Å². The summed E-state index contributed by atoms with van der Waals surface area (Å²) in [5.74, 6) is -7.08. The molecule has 1 aliphatic heterocycles. The highest BCUT2D eigenvalue weighted by atomic mass is 32.2. The summed E-state index contributed by atoms with van der Waals surface area (Å²) >= 11 is -1.09. The SMILES string of the molecule is CCC[S+]([O-])N1CCN(C2(CNC(=O)c3c(F)cc(F)cc3F)CCC(F)(F)CC2)CC1. The first kappa shape index (κ1) is 25.2. The Balaban J connectivity index is 1.72. The summed E-state index contributed by atoms with van der Waals surface area (Å²) in [5, 5.41) is 2.49. The lowest BCUT2D eigenvalue weighted by Gasteiger charge is -2.50. The van der Waals surface area contributed by atoms with E-state index in [1.54, 1.807) is 0 Å². The first-order valence-corrected chi connectivity index (χ1v) is 12.0. The Bertz CT molecular complexity index is 788. The number of halogens is 5. The number of nitrogens with one attached hydrogen (secondary N) is 1. The molecule has 1 heterocycles. The largest absolute Gasteiger partial charge is 0.598 e. The molecule has 5 nitrogen and oxygen atoms in total. The van der Waals surface area contributed by atoms with Gasteiger partial charge in [-0.2, -0.15) is 0 Å². The zero-order chi connectivity index (χ0) is 23.5. The Labute approximate surface area is 187 Å². The number of benzene rings is 1. The molecule has 1 aliphatic carbocycles. The number of nitrogens with zero attached hydrogens (tertiary/aromatic N) is 2. The van der Waals surface area contributed by atoms with Gasteiger partial charge < -0.3 is 9.87 Å². The summed E-state index contributed by atoms with van der Waals surface area (Å²) in [4.78, 5) is 14.5. The number of hydrogen-bond acceptors (Lipinski definition) is 4. The molecular weight excluding hydrogens is 453 g/mol. The first-order chi connectivity index (χ1) is 15.1. The Kier molecular flexibility index (Phi) is 8.06. The minimum atomic E-state index is -2.80. The average Bonchev–Trinajstić information content (AvgIpc) is 2.73. The smallest absolute Gasteiger partial charge is 0.257 e. The minimum Gasteiger partial charge on any atom is -0.598 e. The van der Waals surface area contributed by atoms with Crippen LogP contribution >= 0.6 is 0 Å². The zero-order valence-corrected chi connectivity index (χ0v) is 18.8. The van der Waals surface area contributed by atoms with Crippen LogP contribution < -0.4 is 5.32 Å². The third-order valence-corrected chi connectivity index (χ3v) is 8.00. The lowest BCUT2D eigenvalue weighted by Crippen LogP contribution is -2.63. The summed E-state index contributed by atoms with van der Waals surface area (Å²) < 4.78 is 83.0. The maximum Gasteiger partial charge on any atom is 0.257 e. The molecule has 0 bridgehead atoms. The number of hydrogen-bond donors (Lipinski definition) is 1. The second kappa shape index (κ2) is 10.2. The van der Waals surface area contributed by atoms with Crippen molar-refractivity contribution >= 4 is 17.3 Å². The van der Waals surface area contributed by atoms with Gasteiger partial charge in [-0.15, -0.1) is 4.31 Å². The minimum absolute atomic E-state index is 0.0732. The van der Waals surface area contributed by atoms with Crippen molar-refractivity contribution in [3.63, 3.8) is 0 Å². The molecule has 1 saturated carbocycles. The molecule has 1 amide bonds. The van der Waals surface area contributed by atoms with Crippen molar-refractivity contribution in [2.45, 2.75) is 50.5 Å². The molecule has 1 saturated heterocycles. The maximum absolute atomic E-state index is 14.0. The molecule has 180 valence electrons. The number of piperazine rings is 1. The van der Waals surface area contributed by atoms with Gasteiger partial charge in [-0.3, -0.25) is 9.69 Å². The van der Waals surface area contributed by atoms with Crippen molar-refractivity contribution in [1.29, 1.82) is 0 Å². The Morgan fingerprint density at radius 3 is 2.16 bits per heavy atom. The molecule has 1 aromatic rings. The van der Waals surface area contributed by atoms with Crippen molar-refractivity contribution in [3.05, 3.63) is 35.1 Å². The molecule has 3 rings (SSSR count). The fraction of sp³-hybridized carbons (Fsp3) is 0.667. The van der Waals surface area contributed by atoms with E-state index >= 15 is 0 Å². The van der Waals surface area contributed by atoms with E-state index in [0.29, 0.717) is 44.1 Å². The number of alkyl halides is 2. The molecule has 0 aromatic heterocycles. The molecule has 1 N–H and O–H groups in total. The van der Waals surface area contributed by atoms with Gasteiger partial charge >= 0.3 is 0 Å². The van der Waals surface area contributed by atoms with Gasteiger partial charge in [-0.1, -0.05) is 6.92 Å². The monoisotopic (exact) mass is 481 g/mol. The Morgan fingerprint density at radius 2 is 1.62 bits per heavy atom. The predicted molar refractivity (Wildman–Crippen MR) is 111 cm³/mol. The summed E-state index contributed by atoms with van der Waals surface area (Å²) in [7, 11) is 0. The van der Waals surface area contributed by atoms with Crippen molar-refractivity contribution in [2.24, 2.45) is 0 Å². The second-order valence-electron chi connectivity index (χ2n) is 8.45.